The molecule has 0 heteroatoms. The van der Waals surface area contributed by atoms with Crippen molar-refractivity contribution in [2.75, 3.05) is 0 Å². The van der Waals surface area contributed by atoms with Gasteiger partial charge in [0.1, 0.15) is 0 Å². The Labute approximate surface area is 99.0 Å². The summed E-state index contributed by atoms with van der Waals surface area (Å²) in [5.74, 6) is 0. The van der Waals surface area contributed by atoms with E-state index in [1.165, 1.54) is 22.3 Å². The molecule has 0 saturated carbocycles. The number of hydrogen-bond donors (Lipinski definition) is 0. The van der Waals surface area contributed by atoms with E-state index in [0.29, 0.717) is 0 Å². The van der Waals surface area contributed by atoms with E-state index in [1.807, 2.05) is 6.08 Å². The van der Waals surface area contributed by atoms with Crippen LogP contribution in [0.3, 0.4) is 0 Å². The zero-order chi connectivity index (χ0) is 12.0. The van der Waals surface area contributed by atoms with E-state index in [4.69, 9.17) is 0 Å². The van der Waals surface area contributed by atoms with Gasteiger partial charge in [-0.05, 0) is 31.4 Å². The second kappa shape index (κ2) is 6.12. The Balaban J connectivity index is 2.98. The van der Waals surface area contributed by atoms with Gasteiger partial charge >= 0.3 is 0 Å². The Hall–Kier alpha value is -1.56. The van der Waals surface area contributed by atoms with Gasteiger partial charge in [-0.15, -0.1) is 0 Å². The Morgan fingerprint density at radius 3 is 2.31 bits per heavy atom. The molecule has 0 unspecified atom stereocenters. The first-order valence-electron chi connectivity index (χ1n) is 5.74. The Morgan fingerprint density at radius 1 is 1.19 bits per heavy atom. The van der Waals surface area contributed by atoms with Crippen LogP contribution in [-0.4, -0.2) is 0 Å². The minimum atomic E-state index is 1.09. The fraction of sp³-hybridized carbons (Fsp3) is 0.250. The summed E-state index contributed by atoms with van der Waals surface area (Å²) in [7, 11) is 0. The molecule has 0 aliphatic carbocycles. The van der Waals surface area contributed by atoms with Crippen molar-refractivity contribution in [2.45, 2.75) is 27.2 Å². The van der Waals surface area contributed by atoms with Crippen LogP contribution in [0.4, 0.5) is 0 Å². The molecule has 0 atom stereocenters. The van der Waals surface area contributed by atoms with Crippen LogP contribution >= 0.6 is 0 Å². The highest BCUT2D eigenvalue weighted by Gasteiger charge is 1.95. The molecule has 0 amide bonds. The van der Waals surface area contributed by atoms with Crippen LogP contribution in [0.1, 0.15) is 31.4 Å². The molecule has 0 fully saturated rings. The lowest BCUT2D eigenvalue weighted by Gasteiger charge is -2.02. The average Bonchev–Trinajstić information content (AvgIpc) is 2.31. The lowest BCUT2D eigenvalue weighted by atomic mass is 10.0. The number of allylic oxidation sites excluding steroid dienone is 5. The SMILES string of the molecule is C=C/C(=C\C=C(\C)CC)c1ccc(C)cc1. The van der Waals surface area contributed by atoms with Gasteiger partial charge in [0, 0.05) is 0 Å². The van der Waals surface area contributed by atoms with E-state index in [2.05, 4.69) is 63.8 Å². The standard InChI is InChI=1S/C16H20/c1-5-13(3)7-10-15(6-2)16-11-8-14(4)9-12-16/h6-12H,2,5H2,1,3-4H3/b13-7-,15-10+. The highest BCUT2D eigenvalue weighted by molar-refractivity contribution is 5.74. The zero-order valence-electron chi connectivity index (χ0n) is 10.5. The van der Waals surface area contributed by atoms with E-state index in [-0.39, 0.29) is 0 Å². The van der Waals surface area contributed by atoms with Gasteiger partial charge in [-0.2, -0.15) is 0 Å². The van der Waals surface area contributed by atoms with Crippen molar-refractivity contribution < 1.29 is 0 Å². The molecule has 0 heterocycles. The molecule has 16 heavy (non-hydrogen) atoms. The summed E-state index contributed by atoms with van der Waals surface area (Å²) >= 11 is 0. The molecular formula is C16H20. The summed E-state index contributed by atoms with van der Waals surface area (Å²) < 4.78 is 0. The molecule has 1 rings (SSSR count). The molecule has 84 valence electrons. The number of aryl methyl sites for hydroxylation is 1. The Kier molecular flexibility index (Phi) is 4.78. The summed E-state index contributed by atoms with van der Waals surface area (Å²) in [6.07, 6.45) is 7.30. The largest absolute Gasteiger partial charge is 0.0984 e. The minimum Gasteiger partial charge on any atom is -0.0984 e. The lowest BCUT2D eigenvalue weighted by molar-refractivity contribution is 1.10. The van der Waals surface area contributed by atoms with Crippen molar-refractivity contribution in [2.24, 2.45) is 0 Å². The molecule has 0 N–H and O–H groups in total. The van der Waals surface area contributed by atoms with Crippen molar-refractivity contribution >= 4 is 5.57 Å². The first kappa shape index (κ1) is 12.5. The average molecular weight is 212 g/mol. The Morgan fingerprint density at radius 2 is 1.81 bits per heavy atom. The van der Waals surface area contributed by atoms with E-state index in [0.717, 1.165) is 6.42 Å². The normalized spacial score (nSPS) is 12.7. The summed E-state index contributed by atoms with van der Waals surface area (Å²) in [6, 6.07) is 8.53. The number of benzene rings is 1. The second-order valence-corrected chi connectivity index (χ2v) is 4.06. The number of rotatable bonds is 4. The molecule has 0 aliphatic rings. The topological polar surface area (TPSA) is 0 Å². The van der Waals surface area contributed by atoms with Gasteiger partial charge < -0.3 is 0 Å². The van der Waals surface area contributed by atoms with Crippen molar-refractivity contribution in [3.8, 4) is 0 Å². The van der Waals surface area contributed by atoms with Crippen molar-refractivity contribution in [3.63, 3.8) is 0 Å². The van der Waals surface area contributed by atoms with Crippen molar-refractivity contribution in [3.05, 3.63) is 65.8 Å². The van der Waals surface area contributed by atoms with E-state index in [9.17, 15) is 0 Å². The van der Waals surface area contributed by atoms with Gasteiger partial charge in [-0.1, -0.05) is 67.1 Å². The highest BCUT2D eigenvalue weighted by atomic mass is 14.0. The van der Waals surface area contributed by atoms with E-state index >= 15 is 0 Å². The summed E-state index contributed by atoms with van der Waals surface area (Å²) in [5.41, 5.74) is 5.06. The predicted octanol–water partition coefficient (Wildman–Crippen LogP) is 4.92. The second-order valence-electron chi connectivity index (χ2n) is 4.06. The summed E-state index contributed by atoms with van der Waals surface area (Å²) in [6.45, 7) is 10.3. The van der Waals surface area contributed by atoms with Crippen LogP contribution in [0.25, 0.3) is 5.57 Å². The molecule has 1 aromatic carbocycles. The third-order valence-electron chi connectivity index (χ3n) is 2.71. The third-order valence-corrected chi connectivity index (χ3v) is 2.71. The molecular weight excluding hydrogens is 192 g/mol. The maximum absolute atomic E-state index is 3.87. The maximum atomic E-state index is 3.87. The van der Waals surface area contributed by atoms with Crippen LogP contribution in [0.2, 0.25) is 0 Å². The van der Waals surface area contributed by atoms with Crippen LogP contribution in [0.15, 0.2) is 54.6 Å². The first-order chi connectivity index (χ1) is 7.67. The lowest BCUT2D eigenvalue weighted by Crippen LogP contribution is -1.81. The van der Waals surface area contributed by atoms with Gasteiger partial charge in [0.2, 0.25) is 0 Å². The van der Waals surface area contributed by atoms with Crippen LogP contribution in [0, 0.1) is 6.92 Å². The monoisotopic (exact) mass is 212 g/mol. The van der Waals surface area contributed by atoms with Crippen molar-refractivity contribution in [1.82, 2.24) is 0 Å². The van der Waals surface area contributed by atoms with Crippen LogP contribution in [-0.2, 0) is 0 Å². The maximum Gasteiger partial charge on any atom is -0.0184 e. The zero-order valence-corrected chi connectivity index (χ0v) is 10.5. The summed E-state index contributed by atoms with van der Waals surface area (Å²) in [5, 5.41) is 0. The minimum absolute atomic E-state index is 1.09. The molecule has 1 aromatic rings. The van der Waals surface area contributed by atoms with Crippen molar-refractivity contribution in [1.29, 1.82) is 0 Å². The molecule has 0 aliphatic heterocycles. The van der Waals surface area contributed by atoms with Gasteiger partial charge in [0.25, 0.3) is 0 Å². The smallest absolute Gasteiger partial charge is 0.0184 e. The molecule has 0 radical (unpaired) electrons. The fourth-order valence-electron chi connectivity index (χ4n) is 1.38. The van der Waals surface area contributed by atoms with E-state index < -0.39 is 0 Å². The quantitative estimate of drug-likeness (QED) is 0.621. The van der Waals surface area contributed by atoms with Gasteiger partial charge in [-0.3, -0.25) is 0 Å². The third kappa shape index (κ3) is 3.54. The van der Waals surface area contributed by atoms with Gasteiger partial charge in [0.15, 0.2) is 0 Å². The Bertz CT molecular complexity index is 402. The van der Waals surface area contributed by atoms with E-state index in [1.54, 1.807) is 0 Å². The summed E-state index contributed by atoms with van der Waals surface area (Å²) in [4.78, 5) is 0. The fourth-order valence-corrected chi connectivity index (χ4v) is 1.38. The van der Waals surface area contributed by atoms with Crippen LogP contribution < -0.4 is 0 Å². The molecule has 0 spiro atoms. The van der Waals surface area contributed by atoms with Crippen LogP contribution in [0.5, 0.6) is 0 Å². The predicted molar refractivity (Wildman–Crippen MR) is 73.4 cm³/mol. The first-order valence-corrected chi connectivity index (χ1v) is 5.74. The highest BCUT2D eigenvalue weighted by Crippen LogP contribution is 2.16. The molecule has 0 saturated heterocycles. The molecule has 0 bridgehead atoms. The number of hydrogen-bond acceptors (Lipinski definition) is 0. The van der Waals surface area contributed by atoms with Gasteiger partial charge in [0.05, 0.1) is 0 Å². The van der Waals surface area contributed by atoms with Gasteiger partial charge in [-0.25, -0.2) is 0 Å². The molecule has 0 nitrogen and oxygen atoms in total. The molecule has 0 aromatic heterocycles.